The summed E-state index contributed by atoms with van der Waals surface area (Å²) in [6.45, 7) is 5.98. The van der Waals surface area contributed by atoms with E-state index in [1.54, 1.807) is 7.11 Å². The summed E-state index contributed by atoms with van der Waals surface area (Å²) >= 11 is 0. The molecule has 0 amide bonds. The number of hydrogen-bond acceptors (Lipinski definition) is 8. The minimum absolute atomic E-state index is 0.364. The molecule has 9 nitrogen and oxygen atoms in total. The third-order valence-corrected chi connectivity index (χ3v) is 5.86. The fourth-order valence-electron chi connectivity index (χ4n) is 3.99. The molecule has 4 rings (SSSR count). The zero-order chi connectivity index (χ0) is 24.2. The maximum Gasteiger partial charge on any atom is 0.194 e. The molecule has 0 aliphatic carbocycles. The Kier molecular flexibility index (Phi) is 6.93. The second kappa shape index (κ2) is 10.0. The number of allylic oxidation sites excluding steroid dienone is 1. The molecule has 5 N–H and O–H groups in total. The number of rotatable bonds is 9. The van der Waals surface area contributed by atoms with Gasteiger partial charge in [-0.15, -0.1) is 0 Å². The minimum Gasteiger partial charge on any atom is -0.495 e. The standard InChI is InChI=1S/C25H34N8O/c1-16(2)27-10-11-32(3)23-14-24(34-5)21(13-19(23)26)31-25-28-9-8-20(30-25)17-6-7-22-18(12-17)15-29-33(22)4/h6-9,12-16,25,27-28,31H,10-11,26H2,1-5H3. The molecule has 9 heteroatoms. The number of nitrogens with one attached hydrogen (secondary N) is 3. The van der Waals surface area contributed by atoms with Crippen LogP contribution in [0.3, 0.4) is 0 Å². The first-order chi connectivity index (χ1) is 16.4. The topological polar surface area (TPSA) is 105 Å². The van der Waals surface area contributed by atoms with Gasteiger partial charge in [-0.1, -0.05) is 19.9 Å². The van der Waals surface area contributed by atoms with Crippen molar-refractivity contribution in [3.05, 3.63) is 54.4 Å². The van der Waals surface area contributed by atoms with E-state index in [0.717, 1.165) is 46.6 Å². The fourth-order valence-corrected chi connectivity index (χ4v) is 3.99. The number of aromatic nitrogens is 2. The second-order valence-electron chi connectivity index (χ2n) is 8.74. The van der Waals surface area contributed by atoms with E-state index in [4.69, 9.17) is 15.5 Å². The average molecular weight is 463 g/mol. The number of benzene rings is 2. The highest BCUT2D eigenvalue weighted by Crippen LogP contribution is 2.35. The van der Waals surface area contributed by atoms with Gasteiger partial charge in [0, 0.05) is 56.4 Å². The summed E-state index contributed by atoms with van der Waals surface area (Å²) in [5.74, 6) is 0.706. The van der Waals surface area contributed by atoms with Crippen molar-refractivity contribution in [2.75, 3.05) is 43.2 Å². The molecule has 1 aliphatic rings. The highest BCUT2D eigenvalue weighted by molar-refractivity contribution is 6.10. The van der Waals surface area contributed by atoms with Gasteiger partial charge in [0.2, 0.25) is 0 Å². The minimum atomic E-state index is -0.364. The highest BCUT2D eigenvalue weighted by atomic mass is 16.5. The van der Waals surface area contributed by atoms with Crippen LogP contribution in [-0.4, -0.2) is 55.1 Å². The van der Waals surface area contributed by atoms with Crippen molar-refractivity contribution in [2.24, 2.45) is 12.0 Å². The number of nitrogens with zero attached hydrogens (tertiary/aromatic N) is 4. The van der Waals surface area contributed by atoms with Crippen LogP contribution in [0, 0.1) is 0 Å². The fraction of sp³-hybridized carbons (Fsp3) is 0.360. The van der Waals surface area contributed by atoms with Crippen molar-refractivity contribution < 1.29 is 4.74 Å². The first-order valence-corrected chi connectivity index (χ1v) is 11.5. The SMILES string of the molecule is COc1cc(N(C)CCNC(C)C)c(N)cc1NC1N=C(c2ccc3c(cnn3C)c2)C=CN1. The van der Waals surface area contributed by atoms with Crippen LogP contribution in [0.5, 0.6) is 5.75 Å². The number of aryl methyl sites for hydroxylation is 1. The lowest BCUT2D eigenvalue weighted by atomic mass is 10.1. The van der Waals surface area contributed by atoms with E-state index in [2.05, 4.69) is 58.0 Å². The lowest BCUT2D eigenvalue weighted by molar-refractivity contribution is 0.415. The smallest absolute Gasteiger partial charge is 0.194 e. The van der Waals surface area contributed by atoms with Gasteiger partial charge >= 0.3 is 0 Å². The molecule has 34 heavy (non-hydrogen) atoms. The number of fused-ring (bicyclic) bond motifs is 1. The van der Waals surface area contributed by atoms with E-state index in [0.29, 0.717) is 17.5 Å². The number of anilines is 3. The Labute approximate surface area is 200 Å². The van der Waals surface area contributed by atoms with Crippen LogP contribution in [0.25, 0.3) is 10.9 Å². The molecule has 0 bridgehead atoms. The molecule has 1 unspecified atom stereocenters. The number of methoxy groups -OCH3 is 1. The molecule has 1 aromatic heterocycles. The summed E-state index contributed by atoms with van der Waals surface area (Å²) in [4.78, 5) is 6.97. The Hall–Kier alpha value is -3.72. The predicted molar refractivity (Wildman–Crippen MR) is 141 cm³/mol. The zero-order valence-electron chi connectivity index (χ0n) is 20.5. The first kappa shape index (κ1) is 23.4. The Morgan fingerprint density at radius 2 is 2.09 bits per heavy atom. The monoisotopic (exact) mass is 462 g/mol. The van der Waals surface area contributed by atoms with Gasteiger partial charge in [0.15, 0.2) is 6.29 Å². The number of hydrogen-bond donors (Lipinski definition) is 4. The average Bonchev–Trinajstić information content (AvgIpc) is 3.19. The van der Waals surface area contributed by atoms with Gasteiger partial charge in [-0.2, -0.15) is 5.10 Å². The number of aliphatic imine (C=N–C) groups is 1. The van der Waals surface area contributed by atoms with Crippen molar-refractivity contribution in [3.63, 3.8) is 0 Å². The number of nitrogens with two attached hydrogens (primary N) is 1. The van der Waals surface area contributed by atoms with E-state index in [9.17, 15) is 0 Å². The molecule has 0 fully saturated rings. The lowest BCUT2D eigenvalue weighted by Gasteiger charge is -2.26. The summed E-state index contributed by atoms with van der Waals surface area (Å²) in [5.41, 5.74) is 11.8. The summed E-state index contributed by atoms with van der Waals surface area (Å²) in [5, 5.41) is 15.5. The van der Waals surface area contributed by atoms with E-state index in [1.807, 2.05) is 49.4 Å². The maximum absolute atomic E-state index is 6.42. The molecule has 180 valence electrons. The maximum atomic E-state index is 6.42. The van der Waals surface area contributed by atoms with Crippen molar-refractivity contribution in [2.45, 2.75) is 26.2 Å². The molecular formula is C25H34N8O. The third-order valence-electron chi connectivity index (χ3n) is 5.86. The molecule has 2 heterocycles. The molecule has 1 atom stereocenters. The van der Waals surface area contributed by atoms with Crippen molar-refractivity contribution >= 4 is 33.7 Å². The molecule has 1 aliphatic heterocycles. The second-order valence-corrected chi connectivity index (χ2v) is 8.74. The molecule has 0 saturated heterocycles. The molecule has 0 radical (unpaired) electrons. The van der Waals surface area contributed by atoms with E-state index >= 15 is 0 Å². The van der Waals surface area contributed by atoms with Crippen LogP contribution < -0.4 is 31.3 Å². The van der Waals surface area contributed by atoms with Gasteiger partial charge in [0.25, 0.3) is 0 Å². The number of ether oxygens (including phenoxy) is 1. The van der Waals surface area contributed by atoms with Crippen LogP contribution in [-0.2, 0) is 7.05 Å². The number of nitrogen functional groups attached to an aromatic ring is 1. The van der Waals surface area contributed by atoms with E-state index < -0.39 is 0 Å². The first-order valence-electron chi connectivity index (χ1n) is 11.5. The molecule has 2 aromatic carbocycles. The molecule has 0 spiro atoms. The Balaban J connectivity index is 1.52. The van der Waals surface area contributed by atoms with E-state index in [1.165, 1.54) is 0 Å². The van der Waals surface area contributed by atoms with Gasteiger partial charge in [-0.05, 0) is 24.3 Å². The van der Waals surface area contributed by atoms with Gasteiger partial charge in [0.1, 0.15) is 5.75 Å². The van der Waals surface area contributed by atoms with Crippen molar-refractivity contribution in [3.8, 4) is 5.75 Å². The number of likely N-dealkylation sites (N-methyl/N-ethyl adjacent to an activating group) is 1. The van der Waals surface area contributed by atoms with Gasteiger partial charge < -0.3 is 31.3 Å². The largest absolute Gasteiger partial charge is 0.495 e. The molecule has 0 saturated carbocycles. The summed E-state index contributed by atoms with van der Waals surface area (Å²) in [6, 6.07) is 10.5. The lowest BCUT2D eigenvalue weighted by Crippen LogP contribution is -2.35. The van der Waals surface area contributed by atoms with Crippen molar-refractivity contribution in [1.82, 2.24) is 20.4 Å². The Bertz CT molecular complexity index is 1210. The van der Waals surface area contributed by atoms with Gasteiger partial charge in [0.05, 0.1) is 41.6 Å². The van der Waals surface area contributed by atoms with Gasteiger partial charge in [-0.25, -0.2) is 4.99 Å². The summed E-state index contributed by atoms with van der Waals surface area (Å²) in [7, 11) is 5.63. The third kappa shape index (κ3) is 5.09. The molecule has 3 aromatic rings. The summed E-state index contributed by atoms with van der Waals surface area (Å²) in [6.07, 6.45) is 5.36. The highest BCUT2D eigenvalue weighted by Gasteiger charge is 2.17. The van der Waals surface area contributed by atoms with Gasteiger partial charge in [-0.3, -0.25) is 4.68 Å². The van der Waals surface area contributed by atoms with Crippen LogP contribution in [0.15, 0.2) is 53.8 Å². The molecular weight excluding hydrogens is 428 g/mol. The zero-order valence-corrected chi connectivity index (χ0v) is 20.5. The Morgan fingerprint density at radius 3 is 2.85 bits per heavy atom. The van der Waals surface area contributed by atoms with Crippen LogP contribution in [0.2, 0.25) is 0 Å². The van der Waals surface area contributed by atoms with E-state index in [-0.39, 0.29) is 6.29 Å². The summed E-state index contributed by atoms with van der Waals surface area (Å²) < 4.78 is 7.54. The normalized spacial score (nSPS) is 15.4. The van der Waals surface area contributed by atoms with Crippen LogP contribution in [0.1, 0.15) is 19.4 Å². The predicted octanol–water partition coefficient (Wildman–Crippen LogP) is 2.90. The Morgan fingerprint density at radius 1 is 1.26 bits per heavy atom. The van der Waals surface area contributed by atoms with Crippen molar-refractivity contribution in [1.29, 1.82) is 0 Å². The van der Waals surface area contributed by atoms with Crippen LogP contribution >= 0.6 is 0 Å². The van der Waals surface area contributed by atoms with Crippen LogP contribution in [0.4, 0.5) is 17.1 Å². The quantitative estimate of drug-likeness (QED) is 0.363.